The Bertz CT molecular complexity index is 665. The zero-order chi connectivity index (χ0) is 17.9. The number of nitrogens with zero attached hydrogens (tertiary/aromatic N) is 3. The Morgan fingerprint density at radius 2 is 2.04 bits per heavy atom. The highest BCUT2D eigenvalue weighted by Gasteiger charge is 2.35. The Balaban J connectivity index is 0.00000243. The van der Waals surface area contributed by atoms with Crippen molar-refractivity contribution in [3.8, 4) is 6.07 Å². The maximum absolute atomic E-state index is 8.85. The average Bonchev–Trinajstić information content (AvgIpc) is 2.59. The lowest BCUT2D eigenvalue weighted by molar-refractivity contribution is 0.0642. The van der Waals surface area contributed by atoms with Crippen LogP contribution in [0.1, 0.15) is 51.2 Å². The number of nitrogens with one attached hydrogen (secondary N) is 1. The molecule has 1 N–H and O–H groups in total. The van der Waals surface area contributed by atoms with Gasteiger partial charge in [0.05, 0.1) is 25.0 Å². The van der Waals surface area contributed by atoms with E-state index in [0.29, 0.717) is 17.0 Å². The second-order valence-corrected chi connectivity index (χ2v) is 9.16. The molecule has 1 fully saturated rings. The number of halogens is 1. The SMILES string of the molecule is Br.CC1CC(N2CN=C(SCc3ccc(C#N)cc3)NC2)CC(C)(C)C1. The van der Waals surface area contributed by atoms with Gasteiger partial charge < -0.3 is 5.32 Å². The number of thioether (sulfide) groups is 1. The first kappa shape index (κ1) is 21.3. The third-order valence-corrected chi connectivity index (χ3v) is 6.19. The molecule has 3 rings (SSSR count). The lowest BCUT2D eigenvalue weighted by Gasteiger charge is -2.44. The summed E-state index contributed by atoms with van der Waals surface area (Å²) in [7, 11) is 0. The fourth-order valence-corrected chi connectivity index (χ4v) is 4.98. The van der Waals surface area contributed by atoms with Crippen LogP contribution < -0.4 is 5.32 Å². The number of aliphatic imine (C=N–C) groups is 1. The second-order valence-electron chi connectivity index (χ2n) is 8.19. The van der Waals surface area contributed by atoms with Crippen LogP contribution in [-0.4, -0.2) is 29.4 Å². The number of rotatable bonds is 3. The maximum Gasteiger partial charge on any atom is 0.159 e. The molecule has 0 saturated heterocycles. The number of benzene rings is 1. The first-order valence-corrected chi connectivity index (χ1v) is 10.1. The Labute approximate surface area is 172 Å². The first-order chi connectivity index (χ1) is 11.9. The summed E-state index contributed by atoms with van der Waals surface area (Å²) in [4.78, 5) is 7.24. The zero-order valence-electron chi connectivity index (χ0n) is 15.9. The first-order valence-electron chi connectivity index (χ1n) is 9.09. The van der Waals surface area contributed by atoms with Gasteiger partial charge in [-0.25, -0.2) is 4.99 Å². The van der Waals surface area contributed by atoms with Crippen LogP contribution >= 0.6 is 28.7 Å². The molecule has 0 aromatic heterocycles. The van der Waals surface area contributed by atoms with E-state index in [-0.39, 0.29) is 17.0 Å². The molecular weight excluding hydrogens is 408 g/mol. The van der Waals surface area contributed by atoms with Gasteiger partial charge in [0.15, 0.2) is 5.17 Å². The fourth-order valence-electron chi connectivity index (χ4n) is 4.17. The van der Waals surface area contributed by atoms with E-state index in [1.54, 1.807) is 11.8 Å². The largest absolute Gasteiger partial charge is 0.352 e. The summed E-state index contributed by atoms with van der Waals surface area (Å²) >= 11 is 1.74. The second kappa shape index (κ2) is 9.25. The normalized spacial score (nSPS) is 25.4. The van der Waals surface area contributed by atoms with Crippen molar-refractivity contribution in [1.82, 2.24) is 10.2 Å². The number of amidine groups is 1. The van der Waals surface area contributed by atoms with Crippen molar-refractivity contribution in [2.24, 2.45) is 16.3 Å². The van der Waals surface area contributed by atoms with Crippen molar-refractivity contribution in [1.29, 1.82) is 5.26 Å². The van der Waals surface area contributed by atoms with Gasteiger partial charge in [-0.15, -0.1) is 17.0 Å². The molecule has 0 bridgehead atoms. The molecule has 1 aromatic rings. The van der Waals surface area contributed by atoms with E-state index in [1.807, 2.05) is 24.3 Å². The summed E-state index contributed by atoms with van der Waals surface area (Å²) in [5.41, 5.74) is 2.37. The van der Waals surface area contributed by atoms with Gasteiger partial charge in [0.25, 0.3) is 0 Å². The molecular formula is C20H29BrN4S. The Kier molecular flexibility index (Phi) is 7.57. The molecule has 1 heterocycles. The fraction of sp³-hybridized carbons (Fsp3) is 0.600. The Hall–Kier alpha value is -1.03. The minimum Gasteiger partial charge on any atom is -0.352 e. The van der Waals surface area contributed by atoms with Gasteiger partial charge in [0.1, 0.15) is 0 Å². The van der Waals surface area contributed by atoms with Crippen molar-refractivity contribution in [2.75, 3.05) is 13.3 Å². The highest BCUT2D eigenvalue weighted by molar-refractivity contribution is 8.93. The molecule has 26 heavy (non-hydrogen) atoms. The van der Waals surface area contributed by atoms with Crippen LogP contribution in [0.2, 0.25) is 0 Å². The van der Waals surface area contributed by atoms with E-state index >= 15 is 0 Å². The molecule has 1 aliphatic carbocycles. The molecule has 0 radical (unpaired) electrons. The molecule has 0 spiro atoms. The summed E-state index contributed by atoms with van der Waals surface area (Å²) in [5.74, 6) is 1.68. The summed E-state index contributed by atoms with van der Waals surface area (Å²) in [6.45, 7) is 8.88. The molecule has 142 valence electrons. The summed E-state index contributed by atoms with van der Waals surface area (Å²) in [6, 6.07) is 10.6. The average molecular weight is 437 g/mol. The molecule has 4 nitrogen and oxygen atoms in total. The smallest absolute Gasteiger partial charge is 0.159 e. The van der Waals surface area contributed by atoms with Crippen molar-refractivity contribution >= 4 is 33.9 Å². The van der Waals surface area contributed by atoms with Gasteiger partial charge >= 0.3 is 0 Å². The quantitative estimate of drug-likeness (QED) is 0.741. The van der Waals surface area contributed by atoms with Crippen molar-refractivity contribution in [3.05, 3.63) is 35.4 Å². The molecule has 1 aliphatic heterocycles. The third-order valence-electron chi connectivity index (χ3n) is 5.17. The van der Waals surface area contributed by atoms with E-state index in [9.17, 15) is 0 Å². The van der Waals surface area contributed by atoms with Gasteiger partial charge in [-0.1, -0.05) is 44.7 Å². The molecule has 2 unspecified atom stereocenters. The maximum atomic E-state index is 8.85. The van der Waals surface area contributed by atoms with Crippen molar-refractivity contribution < 1.29 is 0 Å². The lowest BCUT2D eigenvalue weighted by atomic mass is 9.70. The number of hydrogen-bond acceptors (Lipinski definition) is 5. The van der Waals surface area contributed by atoms with Crippen molar-refractivity contribution in [3.63, 3.8) is 0 Å². The summed E-state index contributed by atoms with van der Waals surface area (Å²) in [6.07, 6.45) is 3.89. The minimum absolute atomic E-state index is 0. The van der Waals surface area contributed by atoms with Crippen LogP contribution in [0.3, 0.4) is 0 Å². The summed E-state index contributed by atoms with van der Waals surface area (Å²) < 4.78 is 0. The van der Waals surface area contributed by atoms with Crippen LogP contribution in [-0.2, 0) is 5.75 Å². The van der Waals surface area contributed by atoms with Gasteiger partial charge in [0, 0.05) is 11.8 Å². The van der Waals surface area contributed by atoms with Gasteiger partial charge in [-0.2, -0.15) is 5.26 Å². The number of nitriles is 1. The minimum atomic E-state index is 0. The van der Waals surface area contributed by atoms with Crippen LogP contribution in [0.25, 0.3) is 0 Å². The molecule has 1 saturated carbocycles. The van der Waals surface area contributed by atoms with E-state index in [4.69, 9.17) is 10.3 Å². The molecule has 2 aliphatic rings. The Morgan fingerprint density at radius 3 is 2.62 bits per heavy atom. The van der Waals surface area contributed by atoms with Gasteiger partial charge in [-0.05, 0) is 48.3 Å². The van der Waals surface area contributed by atoms with E-state index in [0.717, 1.165) is 30.2 Å². The molecule has 2 atom stereocenters. The summed E-state index contributed by atoms with van der Waals surface area (Å²) in [5, 5.41) is 13.4. The van der Waals surface area contributed by atoms with E-state index in [1.165, 1.54) is 24.8 Å². The lowest BCUT2D eigenvalue weighted by Crippen LogP contribution is -2.50. The highest BCUT2D eigenvalue weighted by atomic mass is 79.9. The van der Waals surface area contributed by atoms with Gasteiger partial charge in [0.2, 0.25) is 0 Å². The zero-order valence-corrected chi connectivity index (χ0v) is 18.4. The predicted octanol–water partition coefficient (Wildman–Crippen LogP) is 4.76. The van der Waals surface area contributed by atoms with E-state index in [2.05, 4.69) is 37.1 Å². The van der Waals surface area contributed by atoms with Gasteiger partial charge in [-0.3, -0.25) is 4.90 Å². The van der Waals surface area contributed by atoms with Crippen LogP contribution in [0.15, 0.2) is 29.3 Å². The highest BCUT2D eigenvalue weighted by Crippen LogP contribution is 2.40. The number of hydrogen-bond donors (Lipinski definition) is 1. The molecule has 1 aromatic carbocycles. The molecule has 6 heteroatoms. The Morgan fingerprint density at radius 1 is 1.31 bits per heavy atom. The standard InChI is InChI=1S/C20H28N4S.BrH/c1-15-8-18(10-20(2,3)9-15)24-13-22-19(23-14-24)25-12-17-6-4-16(11-21)5-7-17;/h4-7,15,18H,8-10,12-14H2,1-3H3,(H,22,23);1H. The third kappa shape index (κ3) is 5.73. The monoisotopic (exact) mass is 436 g/mol. The molecule has 0 amide bonds. The van der Waals surface area contributed by atoms with Crippen molar-refractivity contribution in [2.45, 2.75) is 51.8 Å². The van der Waals surface area contributed by atoms with Crippen LogP contribution in [0.4, 0.5) is 0 Å². The topological polar surface area (TPSA) is 51.4 Å². The van der Waals surface area contributed by atoms with Crippen LogP contribution in [0, 0.1) is 22.7 Å². The van der Waals surface area contributed by atoms with E-state index < -0.39 is 0 Å². The van der Waals surface area contributed by atoms with Crippen LogP contribution in [0.5, 0.6) is 0 Å². The predicted molar refractivity (Wildman–Crippen MR) is 116 cm³/mol.